The van der Waals surface area contributed by atoms with Crippen LogP contribution < -0.4 is 0 Å². The lowest BCUT2D eigenvalue weighted by atomic mass is 9.86. The summed E-state index contributed by atoms with van der Waals surface area (Å²) in [4.78, 5) is 26.0. The molecule has 2 heterocycles. The van der Waals surface area contributed by atoms with Gasteiger partial charge in [-0.1, -0.05) is 20.8 Å². The summed E-state index contributed by atoms with van der Waals surface area (Å²) in [7, 11) is -2.35. The average Bonchev–Trinajstić information content (AvgIpc) is 2.33. The third-order valence-corrected chi connectivity index (χ3v) is 7.12. The van der Waals surface area contributed by atoms with Gasteiger partial charge in [0.15, 0.2) is 21.0 Å². The molecule has 118 valence electrons. The van der Waals surface area contributed by atoms with Crippen molar-refractivity contribution in [2.45, 2.75) is 37.6 Å². The van der Waals surface area contributed by atoms with Crippen molar-refractivity contribution in [1.82, 2.24) is 4.90 Å². The molecule has 1 saturated heterocycles. The smallest absolute Gasteiger partial charge is 0.275 e. The fourth-order valence-corrected chi connectivity index (χ4v) is 5.92. The number of ketones is 1. The maximum absolute atomic E-state index is 12.6. The van der Waals surface area contributed by atoms with E-state index in [1.165, 1.54) is 7.11 Å². The van der Waals surface area contributed by atoms with E-state index in [9.17, 15) is 18.0 Å². The van der Waals surface area contributed by atoms with Crippen molar-refractivity contribution < 1.29 is 22.7 Å². The molecule has 0 bridgehead atoms. The van der Waals surface area contributed by atoms with Crippen molar-refractivity contribution >= 4 is 37.5 Å². The van der Waals surface area contributed by atoms with Gasteiger partial charge in [-0.2, -0.15) is 0 Å². The molecular formula is C13H18BrNO5S. The molecule has 0 spiro atoms. The lowest BCUT2D eigenvalue weighted by Crippen LogP contribution is -2.76. The number of methoxy groups -OCH3 is 1. The number of carbonyl (C=O) groups is 2. The highest BCUT2D eigenvalue weighted by atomic mass is 79.9. The molecule has 0 aromatic rings. The van der Waals surface area contributed by atoms with Gasteiger partial charge in [0.05, 0.1) is 11.4 Å². The second kappa shape index (κ2) is 4.63. The fourth-order valence-electron chi connectivity index (χ4n) is 2.59. The van der Waals surface area contributed by atoms with Crippen molar-refractivity contribution in [1.29, 1.82) is 0 Å². The van der Waals surface area contributed by atoms with Crippen molar-refractivity contribution in [3.8, 4) is 0 Å². The van der Waals surface area contributed by atoms with Crippen LogP contribution in [0.15, 0.2) is 11.3 Å². The van der Waals surface area contributed by atoms with Crippen LogP contribution in [0, 0.1) is 5.41 Å². The normalized spacial score (nSPS) is 31.8. The second-order valence-corrected chi connectivity index (χ2v) is 9.63. The van der Waals surface area contributed by atoms with Crippen LogP contribution in [0.2, 0.25) is 0 Å². The number of amides is 1. The number of ether oxygens (including phenoxy) is 1. The highest BCUT2D eigenvalue weighted by Gasteiger charge is 2.69. The predicted molar refractivity (Wildman–Crippen MR) is 80.2 cm³/mol. The third-order valence-electron chi connectivity index (χ3n) is 3.66. The first-order valence-corrected chi connectivity index (χ1v) is 8.92. The molecule has 1 amide bonds. The number of β-lactam (4-membered cyclic amide) rings is 1. The molecule has 0 radical (unpaired) electrons. The monoisotopic (exact) mass is 379 g/mol. The number of halogens is 1. The summed E-state index contributed by atoms with van der Waals surface area (Å²) >= 11 is 3.07. The van der Waals surface area contributed by atoms with Crippen LogP contribution in [0.3, 0.4) is 0 Å². The Morgan fingerprint density at radius 2 is 1.95 bits per heavy atom. The lowest BCUT2D eigenvalue weighted by Gasteiger charge is -2.53. The Morgan fingerprint density at radius 3 is 2.38 bits per heavy atom. The number of carbonyl (C=O) groups excluding carboxylic acids is 2. The van der Waals surface area contributed by atoms with Crippen molar-refractivity contribution in [3.05, 3.63) is 11.3 Å². The molecule has 0 aromatic carbocycles. The number of fused-ring (bicyclic) bond motifs is 1. The standard InChI is InChI=1S/C13H18BrNO5S/c1-7-6-21(18,19)11-13(14,20-5)10(17)15(11)8(7)9(16)12(2,3)4/h11H,6H2,1-5H3/t11-,13?/m0/s1. The molecule has 2 aliphatic rings. The number of Topliss-reactive ketones (excluding diaryl/α,β-unsaturated/α-hetero) is 1. The first-order chi connectivity index (χ1) is 9.38. The largest absolute Gasteiger partial charge is 0.355 e. The Morgan fingerprint density at radius 1 is 1.43 bits per heavy atom. The minimum Gasteiger partial charge on any atom is -0.355 e. The van der Waals surface area contributed by atoms with Gasteiger partial charge in [0.25, 0.3) is 5.91 Å². The van der Waals surface area contributed by atoms with Gasteiger partial charge in [-0.3, -0.25) is 14.5 Å². The molecular weight excluding hydrogens is 362 g/mol. The van der Waals surface area contributed by atoms with Gasteiger partial charge in [0.2, 0.25) is 4.51 Å². The summed E-state index contributed by atoms with van der Waals surface area (Å²) < 4.78 is 28.1. The van der Waals surface area contributed by atoms with Crippen LogP contribution in [-0.2, 0) is 24.2 Å². The first kappa shape index (κ1) is 16.6. The minimum absolute atomic E-state index is 0.180. The number of alkyl halides is 1. The molecule has 6 nitrogen and oxygen atoms in total. The Balaban J connectivity index is 2.60. The first-order valence-electron chi connectivity index (χ1n) is 6.41. The van der Waals surface area contributed by atoms with Gasteiger partial charge < -0.3 is 4.74 Å². The van der Waals surface area contributed by atoms with Crippen molar-refractivity contribution in [3.63, 3.8) is 0 Å². The van der Waals surface area contributed by atoms with Gasteiger partial charge in [0, 0.05) is 12.5 Å². The number of hydrogen-bond acceptors (Lipinski definition) is 5. The van der Waals surface area contributed by atoms with E-state index in [2.05, 4.69) is 15.9 Å². The molecule has 2 atom stereocenters. The summed E-state index contributed by atoms with van der Waals surface area (Å²) in [6.07, 6.45) is 0. The van der Waals surface area contributed by atoms with E-state index in [-0.39, 0.29) is 17.2 Å². The number of nitrogens with zero attached hydrogens (tertiary/aromatic N) is 1. The van der Waals surface area contributed by atoms with Gasteiger partial charge >= 0.3 is 0 Å². The number of rotatable bonds is 2. The number of hydrogen-bond donors (Lipinski definition) is 0. The number of allylic oxidation sites excluding steroid dienone is 1. The Hall–Kier alpha value is -0.730. The van der Waals surface area contributed by atoms with Crippen molar-refractivity contribution in [2.75, 3.05) is 12.9 Å². The minimum atomic E-state index is -3.61. The Bertz CT molecular complexity index is 661. The van der Waals surface area contributed by atoms with Gasteiger partial charge in [-0.25, -0.2) is 8.42 Å². The van der Waals surface area contributed by atoms with Crippen LogP contribution in [0.4, 0.5) is 0 Å². The van der Waals surface area contributed by atoms with Crippen molar-refractivity contribution in [2.24, 2.45) is 5.41 Å². The summed E-state index contributed by atoms with van der Waals surface area (Å²) in [6, 6.07) is 0. The van der Waals surface area contributed by atoms with E-state index >= 15 is 0 Å². The SMILES string of the molecule is COC1(Br)C(=O)N2C(C(=O)C(C)(C)C)=C(C)CS(=O)(=O)[C@H]21. The van der Waals surface area contributed by atoms with E-state index in [4.69, 9.17) is 4.74 Å². The van der Waals surface area contributed by atoms with Crippen LogP contribution in [0.5, 0.6) is 0 Å². The summed E-state index contributed by atoms with van der Waals surface area (Å²) in [5, 5.41) is -1.20. The van der Waals surface area contributed by atoms with Crippen LogP contribution >= 0.6 is 15.9 Å². The molecule has 8 heteroatoms. The van der Waals surface area contributed by atoms with Crippen LogP contribution in [0.1, 0.15) is 27.7 Å². The molecule has 1 fully saturated rings. The second-order valence-electron chi connectivity index (χ2n) is 6.39. The highest BCUT2D eigenvalue weighted by molar-refractivity contribution is 9.10. The summed E-state index contributed by atoms with van der Waals surface area (Å²) in [6.45, 7) is 6.77. The molecule has 1 unspecified atom stereocenters. The topological polar surface area (TPSA) is 80.8 Å². The van der Waals surface area contributed by atoms with E-state index in [0.29, 0.717) is 5.57 Å². The molecule has 21 heavy (non-hydrogen) atoms. The molecule has 0 N–H and O–H groups in total. The van der Waals surface area contributed by atoms with E-state index in [1.54, 1.807) is 27.7 Å². The average molecular weight is 380 g/mol. The quantitative estimate of drug-likeness (QED) is 0.532. The zero-order valence-corrected chi connectivity index (χ0v) is 15.0. The van der Waals surface area contributed by atoms with Crippen LogP contribution in [-0.4, -0.2) is 47.8 Å². The summed E-state index contributed by atoms with van der Waals surface area (Å²) in [5.41, 5.74) is -0.134. The molecule has 0 aliphatic carbocycles. The van der Waals surface area contributed by atoms with Gasteiger partial charge in [-0.05, 0) is 28.4 Å². The zero-order valence-electron chi connectivity index (χ0n) is 12.6. The third kappa shape index (κ3) is 2.19. The van der Waals surface area contributed by atoms with E-state index in [1.807, 2.05) is 0 Å². The molecule has 0 saturated carbocycles. The maximum atomic E-state index is 12.6. The Kier molecular flexibility index (Phi) is 3.67. The maximum Gasteiger partial charge on any atom is 0.275 e. The Labute approximate surface area is 132 Å². The van der Waals surface area contributed by atoms with E-state index in [0.717, 1.165) is 4.90 Å². The fraction of sp³-hybridized carbons (Fsp3) is 0.692. The van der Waals surface area contributed by atoms with Gasteiger partial charge in [0.1, 0.15) is 0 Å². The highest BCUT2D eigenvalue weighted by Crippen LogP contribution is 2.49. The molecule has 2 rings (SSSR count). The number of sulfone groups is 1. The lowest BCUT2D eigenvalue weighted by molar-refractivity contribution is -0.165. The van der Waals surface area contributed by atoms with Gasteiger partial charge in [-0.15, -0.1) is 0 Å². The van der Waals surface area contributed by atoms with Crippen LogP contribution in [0.25, 0.3) is 0 Å². The van der Waals surface area contributed by atoms with E-state index < -0.39 is 31.0 Å². The predicted octanol–water partition coefficient (Wildman–Crippen LogP) is 1.21. The zero-order chi connectivity index (χ0) is 16.4. The summed E-state index contributed by atoms with van der Waals surface area (Å²) in [5.74, 6) is -1.07. The molecule has 0 aromatic heterocycles. The molecule has 2 aliphatic heterocycles.